The number of hydrogen-bond acceptors (Lipinski definition) is 4. The summed E-state index contributed by atoms with van der Waals surface area (Å²) in [5.41, 5.74) is 6.26. The van der Waals surface area contributed by atoms with Gasteiger partial charge in [0.2, 0.25) is 0 Å². The zero-order valence-electron chi connectivity index (χ0n) is 9.59. The molecule has 88 valence electrons. The van der Waals surface area contributed by atoms with Crippen molar-refractivity contribution in [1.82, 2.24) is 14.8 Å². The Bertz CT molecular complexity index is 387. The number of aryl methyl sites for hydroxylation is 1. The summed E-state index contributed by atoms with van der Waals surface area (Å²) in [4.78, 5) is 4.25. The lowest BCUT2D eigenvalue weighted by molar-refractivity contribution is 0.0619. The van der Waals surface area contributed by atoms with Crippen LogP contribution in [0.1, 0.15) is 25.1 Å². The first-order valence-corrected chi connectivity index (χ1v) is 5.92. The maximum atomic E-state index is 6.50. The maximum Gasteiger partial charge on any atom is 0.138 e. The van der Waals surface area contributed by atoms with Crippen LogP contribution in [-0.4, -0.2) is 33.0 Å². The lowest BCUT2D eigenvalue weighted by atomic mass is 9.86. The Hall–Kier alpha value is -0.940. The third kappa shape index (κ3) is 1.64. The van der Waals surface area contributed by atoms with Gasteiger partial charge >= 0.3 is 0 Å². The van der Waals surface area contributed by atoms with E-state index in [-0.39, 0.29) is 11.6 Å². The third-order valence-corrected chi connectivity index (χ3v) is 3.77. The minimum Gasteiger partial charge on any atom is -0.376 e. The van der Waals surface area contributed by atoms with E-state index in [1.54, 1.807) is 11.0 Å². The fraction of sp³-hybridized carbons (Fsp3) is 0.818. The molecule has 1 aliphatic heterocycles. The molecular weight excluding hydrogens is 204 g/mol. The highest BCUT2D eigenvalue weighted by molar-refractivity contribution is 5.08. The minimum atomic E-state index is -0.234. The minimum absolute atomic E-state index is 0.226. The van der Waals surface area contributed by atoms with Crippen molar-refractivity contribution in [3.05, 3.63) is 12.2 Å². The molecule has 2 fully saturated rings. The van der Waals surface area contributed by atoms with Gasteiger partial charge in [0.15, 0.2) is 0 Å². The molecule has 5 nitrogen and oxygen atoms in total. The summed E-state index contributed by atoms with van der Waals surface area (Å²) in [5, 5.41) is 4.08. The predicted molar refractivity (Wildman–Crippen MR) is 58.7 cm³/mol. The van der Waals surface area contributed by atoms with Crippen molar-refractivity contribution in [2.75, 3.05) is 6.61 Å². The molecule has 0 amide bonds. The Balaban J connectivity index is 1.79. The van der Waals surface area contributed by atoms with Gasteiger partial charge in [-0.15, -0.1) is 0 Å². The van der Waals surface area contributed by atoms with Crippen LogP contribution in [0.3, 0.4) is 0 Å². The first kappa shape index (κ1) is 10.2. The Morgan fingerprint density at radius 2 is 2.44 bits per heavy atom. The first-order chi connectivity index (χ1) is 7.69. The Kier molecular flexibility index (Phi) is 2.26. The van der Waals surface area contributed by atoms with Gasteiger partial charge in [0.1, 0.15) is 12.2 Å². The van der Waals surface area contributed by atoms with E-state index in [1.165, 1.54) is 12.8 Å². The Morgan fingerprint density at radius 3 is 3.06 bits per heavy atom. The van der Waals surface area contributed by atoms with Crippen molar-refractivity contribution in [2.45, 2.75) is 37.3 Å². The van der Waals surface area contributed by atoms with Crippen molar-refractivity contribution >= 4 is 0 Å². The SMILES string of the molecule is Cn1ncnc1CC1(N)CCOC1C1CC1. The smallest absolute Gasteiger partial charge is 0.138 e. The molecule has 2 heterocycles. The van der Waals surface area contributed by atoms with Gasteiger partial charge in [-0.2, -0.15) is 5.10 Å². The van der Waals surface area contributed by atoms with Crippen LogP contribution in [0.5, 0.6) is 0 Å². The van der Waals surface area contributed by atoms with E-state index in [4.69, 9.17) is 10.5 Å². The van der Waals surface area contributed by atoms with Gasteiger partial charge in [0.25, 0.3) is 0 Å². The molecule has 0 radical (unpaired) electrons. The molecule has 1 saturated carbocycles. The Labute approximate surface area is 95.0 Å². The van der Waals surface area contributed by atoms with E-state index in [2.05, 4.69) is 10.1 Å². The van der Waals surface area contributed by atoms with Gasteiger partial charge in [-0.1, -0.05) is 0 Å². The van der Waals surface area contributed by atoms with Crippen LogP contribution >= 0.6 is 0 Å². The van der Waals surface area contributed by atoms with Crippen LogP contribution < -0.4 is 5.73 Å². The molecule has 1 aliphatic carbocycles. The number of nitrogens with two attached hydrogens (primary N) is 1. The van der Waals surface area contributed by atoms with Crippen LogP contribution in [0.4, 0.5) is 0 Å². The lowest BCUT2D eigenvalue weighted by Gasteiger charge is -2.29. The third-order valence-electron chi connectivity index (χ3n) is 3.77. The van der Waals surface area contributed by atoms with Crippen LogP contribution in [0.25, 0.3) is 0 Å². The van der Waals surface area contributed by atoms with Crippen molar-refractivity contribution in [2.24, 2.45) is 18.7 Å². The number of aromatic nitrogens is 3. The molecule has 1 saturated heterocycles. The highest BCUT2D eigenvalue weighted by Crippen LogP contribution is 2.43. The summed E-state index contributed by atoms with van der Waals surface area (Å²) in [6, 6.07) is 0. The maximum absolute atomic E-state index is 6.50. The van der Waals surface area contributed by atoms with Crippen molar-refractivity contribution < 1.29 is 4.74 Å². The van der Waals surface area contributed by atoms with Gasteiger partial charge in [0.05, 0.1) is 11.6 Å². The van der Waals surface area contributed by atoms with Gasteiger partial charge in [0, 0.05) is 20.1 Å². The molecule has 2 N–H and O–H groups in total. The van der Waals surface area contributed by atoms with E-state index < -0.39 is 0 Å². The van der Waals surface area contributed by atoms with E-state index in [0.717, 1.165) is 25.3 Å². The number of rotatable bonds is 3. The molecule has 5 heteroatoms. The Morgan fingerprint density at radius 1 is 1.62 bits per heavy atom. The van der Waals surface area contributed by atoms with Gasteiger partial charge < -0.3 is 10.5 Å². The average molecular weight is 222 g/mol. The normalized spacial score (nSPS) is 34.5. The summed E-state index contributed by atoms with van der Waals surface area (Å²) in [7, 11) is 1.91. The molecule has 0 bridgehead atoms. The van der Waals surface area contributed by atoms with Crippen LogP contribution in [0, 0.1) is 5.92 Å². The highest BCUT2D eigenvalue weighted by atomic mass is 16.5. The summed E-state index contributed by atoms with van der Waals surface area (Å²) >= 11 is 0. The highest BCUT2D eigenvalue weighted by Gasteiger charge is 2.49. The molecule has 16 heavy (non-hydrogen) atoms. The van der Waals surface area contributed by atoms with Gasteiger partial charge in [-0.25, -0.2) is 4.98 Å². The largest absolute Gasteiger partial charge is 0.376 e. The number of hydrogen-bond donors (Lipinski definition) is 1. The molecule has 3 rings (SSSR count). The monoisotopic (exact) mass is 222 g/mol. The van der Waals surface area contributed by atoms with E-state index >= 15 is 0 Å². The summed E-state index contributed by atoms with van der Waals surface area (Å²) in [6.07, 6.45) is 6.04. The van der Waals surface area contributed by atoms with E-state index in [9.17, 15) is 0 Å². The fourth-order valence-corrected chi connectivity index (χ4v) is 2.65. The average Bonchev–Trinajstić information content (AvgIpc) is 2.91. The quantitative estimate of drug-likeness (QED) is 0.796. The number of ether oxygens (including phenoxy) is 1. The molecule has 2 atom stereocenters. The summed E-state index contributed by atoms with van der Waals surface area (Å²) in [5.74, 6) is 1.64. The second-order valence-electron chi connectivity index (χ2n) is 5.09. The molecule has 0 aromatic carbocycles. The standard InChI is InChI=1S/C11H18N4O/c1-15-9(13-7-14-15)6-11(12)4-5-16-10(11)8-2-3-8/h7-8,10H,2-6,12H2,1H3. The number of nitrogens with zero attached hydrogens (tertiary/aromatic N) is 3. The zero-order chi connectivity index (χ0) is 11.2. The molecule has 2 unspecified atom stereocenters. The van der Waals surface area contributed by atoms with Crippen molar-refractivity contribution in [1.29, 1.82) is 0 Å². The topological polar surface area (TPSA) is 66.0 Å². The van der Waals surface area contributed by atoms with Gasteiger partial charge in [-0.3, -0.25) is 4.68 Å². The lowest BCUT2D eigenvalue weighted by Crippen LogP contribution is -2.50. The molecule has 2 aliphatic rings. The first-order valence-electron chi connectivity index (χ1n) is 5.92. The summed E-state index contributed by atoms with van der Waals surface area (Å²) in [6.45, 7) is 0.787. The van der Waals surface area contributed by atoms with E-state index in [0.29, 0.717) is 5.92 Å². The second-order valence-corrected chi connectivity index (χ2v) is 5.09. The van der Waals surface area contributed by atoms with Crippen LogP contribution in [0.2, 0.25) is 0 Å². The van der Waals surface area contributed by atoms with Crippen molar-refractivity contribution in [3.63, 3.8) is 0 Å². The van der Waals surface area contributed by atoms with Crippen molar-refractivity contribution in [3.8, 4) is 0 Å². The summed E-state index contributed by atoms with van der Waals surface area (Å²) < 4.78 is 7.60. The molecule has 1 aromatic rings. The zero-order valence-corrected chi connectivity index (χ0v) is 9.59. The predicted octanol–water partition coefficient (Wildman–Crippen LogP) is 0.254. The van der Waals surface area contributed by atoms with E-state index in [1.807, 2.05) is 7.05 Å². The van der Waals surface area contributed by atoms with Crippen LogP contribution in [0.15, 0.2) is 6.33 Å². The van der Waals surface area contributed by atoms with Gasteiger partial charge in [-0.05, 0) is 25.2 Å². The molecule has 0 spiro atoms. The molecular formula is C11H18N4O. The second kappa shape index (κ2) is 3.53. The fourth-order valence-electron chi connectivity index (χ4n) is 2.65. The van der Waals surface area contributed by atoms with Crippen LogP contribution in [-0.2, 0) is 18.2 Å². The molecule has 1 aromatic heterocycles.